The molecule has 1 nitrogen and oxygen atoms in total. The number of hydrogen-bond acceptors (Lipinski definition) is 2. The molecule has 0 bridgehead atoms. The molecule has 0 atom stereocenters. The van der Waals surface area contributed by atoms with Crippen LogP contribution < -0.4 is 5.32 Å². The Balaban J connectivity index is 2.90. The van der Waals surface area contributed by atoms with Gasteiger partial charge in [-0.15, -0.1) is 11.8 Å². The highest BCUT2D eigenvalue weighted by atomic mass is 32.2. The standard InChI is InChI=1S/C16H27NS/c1-12-8-9-14(18-16(5,6)7)13(10-12)11-17-15(2,3)4/h8-10,17H,11H2,1-7H3. The van der Waals surface area contributed by atoms with Crippen molar-refractivity contribution >= 4 is 11.8 Å². The van der Waals surface area contributed by atoms with Crippen LogP contribution in [0, 0.1) is 6.92 Å². The van der Waals surface area contributed by atoms with Crippen molar-refractivity contribution in [2.45, 2.75) is 70.2 Å². The molecule has 0 fully saturated rings. The van der Waals surface area contributed by atoms with Gasteiger partial charge in [0.2, 0.25) is 0 Å². The van der Waals surface area contributed by atoms with Crippen LogP contribution in [0.3, 0.4) is 0 Å². The topological polar surface area (TPSA) is 12.0 Å². The minimum absolute atomic E-state index is 0.160. The summed E-state index contributed by atoms with van der Waals surface area (Å²) >= 11 is 1.95. The van der Waals surface area contributed by atoms with E-state index in [0.717, 1.165) is 6.54 Å². The minimum Gasteiger partial charge on any atom is -0.308 e. The SMILES string of the molecule is Cc1ccc(SC(C)(C)C)c(CNC(C)(C)C)c1. The molecule has 1 N–H and O–H groups in total. The Hall–Kier alpha value is -0.470. The molecule has 0 aromatic heterocycles. The third kappa shape index (κ3) is 5.92. The van der Waals surface area contributed by atoms with Gasteiger partial charge in [-0.2, -0.15) is 0 Å². The summed E-state index contributed by atoms with van der Waals surface area (Å²) in [6.45, 7) is 16.5. The highest BCUT2D eigenvalue weighted by molar-refractivity contribution is 8.00. The molecule has 0 aliphatic carbocycles. The number of nitrogens with one attached hydrogen (secondary N) is 1. The highest BCUT2D eigenvalue weighted by Crippen LogP contribution is 2.34. The molecule has 0 radical (unpaired) electrons. The van der Waals surface area contributed by atoms with Crippen molar-refractivity contribution in [1.82, 2.24) is 5.32 Å². The van der Waals surface area contributed by atoms with Gasteiger partial charge in [-0.05, 0) is 39.3 Å². The van der Waals surface area contributed by atoms with Crippen molar-refractivity contribution in [2.24, 2.45) is 0 Å². The van der Waals surface area contributed by atoms with Crippen molar-refractivity contribution in [3.8, 4) is 0 Å². The average Bonchev–Trinajstić information content (AvgIpc) is 2.15. The number of hydrogen-bond donors (Lipinski definition) is 1. The third-order valence-electron chi connectivity index (χ3n) is 2.44. The lowest BCUT2D eigenvalue weighted by Gasteiger charge is -2.24. The Labute approximate surface area is 117 Å². The maximum atomic E-state index is 3.58. The highest BCUT2D eigenvalue weighted by Gasteiger charge is 2.16. The van der Waals surface area contributed by atoms with Crippen molar-refractivity contribution in [1.29, 1.82) is 0 Å². The lowest BCUT2D eigenvalue weighted by molar-refractivity contribution is 0.422. The fraction of sp³-hybridized carbons (Fsp3) is 0.625. The smallest absolute Gasteiger partial charge is 0.0221 e. The van der Waals surface area contributed by atoms with Gasteiger partial charge in [0.25, 0.3) is 0 Å². The van der Waals surface area contributed by atoms with Crippen LogP contribution in [0.15, 0.2) is 23.1 Å². The van der Waals surface area contributed by atoms with E-state index >= 15 is 0 Å². The molecule has 0 saturated carbocycles. The zero-order valence-electron chi connectivity index (χ0n) is 12.8. The van der Waals surface area contributed by atoms with E-state index in [9.17, 15) is 0 Å². The van der Waals surface area contributed by atoms with Gasteiger partial charge in [-0.25, -0.2) is 0 Å². The Morgan fingerprint density at radius 2 is 1.67 bits per heavy atom. The third-order valence-corrected chi connectivity index (χ3v) is 3.67. The number of aryl methyl sites for hydroxylation is 1. The molecule has 0 spiro atoms. The maximum absolute atomic E-state index is 3.58. The lowest BCUT2D eigenvalue weighted by Crippen LogP contribution is -2.35. The molecule has 0 amide bonds. The fourth-order valence-electron chi connectivity index (χ4n) is 1.64. The van der Waals surface area contributed by atoms with Gasteiger partial charge in [0.05, 0.1) is 0 Å². The van der Waals surface area contributed by atoms with E-state index in [1.54, 1.807) is 0 Å². The van der Waals surface area contributed by atoms with E-state index in [2.05, 4.69) is 72.0 Å². The van der Waals surface area contributed by atoms with Gasteiger partial charge in [-0.1, -0.05) is 38.5 Å². The predicted molar refractivity (Wildman–Crippen MR) is 83.4 cm³/mol. The van der Waals surface area contributed by atoms with E-state index in [1.165, 1.54) is 16.0 Å². The largest absolute Gasteiger partial charge is 0.308 e. The van der Waals surface area contributed by atoms with E-state index in [0.29, 0.717) is 0 Å². The second-order valence-electron chi connectivity index (χ2n) is 6.93. The molecule has 1 aromatic carbocycles. The summed E-state index contributed by atoms with van der Waals surface area (Å²) in [7, 11) is 0. The van der Waals surface area contributed by atoms with Crippen molar-refractivity contribution in [2.75, 3.05) is 0 Å². The van der Waals surface area contributed by atoms with Crippen LogP contribution in [0.5, 0.6) is 0 Å². The molecule has 0 aliphatic heterocycles. The summed E-state index contributed by atoms with van der Waals surface area (Å²) in [6, 6.07) is 6.76. The summed E-state index contributed by atoms with van der Waals surface area (Å²) in [5, 5.41) is 3.58. The van der Waals surface area contributed by atoms with Gasteiger partial charge in [0.15, 0.2) is 0 Å². The normalized spacial score (nSPS) is 12.8. The first-order valence-corrected chi connectivity index (χ1v) is 7.42. The molecule has 1 aromatic rings. The molecule has 0 saturated heterocycles. The van der Waals surface area contributed by atoms with Crippen LogP contribution in [0.4, 0.5) is 0 Å². The van der Waals surface area contributed by atoms with Gasteiger partial charge < -0.3 is 5.32 Å². The van der Waals surface area contributed by atoms with Gasteiger partial charge in [0, 0.05) is 21.7 Å². The van der Waals surface area contributed by atoms with E-state index in [1.807, 2.05) is 11.8 Å². The summed E-state index contributed by atoms with van der Waals surface area (Å²) in [5.74, 6) is 0. The van der Waals surface area contributed by atoms with Crippen LogP contribution in [-0.2, 0) is 6.54 Å². The monoisotopic (exact) mass is 265 g/mol. The van der Waals surface area contributed by atoms with Crippen LogP contribution in [-0.4, -0.2) is 10.3 Å². The summed E-state index contributed by atoms with van der Waals surface area (Å²) in [6.07, 6.45) is 0. The van der Waals surface area contributed by atoms with E-state index < -0.39 is 0 Å². The van der Waals surface area contributed by atoms with Crippen molar-refractivity contribution < 1.29 is 0 Å². The predicted octanol–water partition coefficient (Wildman–Crippen LogP) is 4.77. The summed E-state index contributed by atoms with van der Waals surface area (Å²) in [4.78, 5) is 1.39. The van der Waals surface area contributed by atoms with Gasteiger partial charge in [-0.3, -0.25) is 0 Å². The first kappa shape index (κ1) is 15.6. The Bertz CT molecular complexity index is 397. The average molecular weight is 265 g/mol. The number of benzene rings is 1. The fourth-order valence-corrected chi connectivity index (χ4v) is 2.69. The van der Waals surface area contributed by atoms with Crippen molar-refractivity contribution in [3.05, 3.63) is 29.3 Å². The van der Waals surface area contributed by atoms with Gasteiger partial charge >= 0.3 is 0 Å². The molecule has 0 unspecified atom stereocenters. The van der Waals surface area contributed by atoms with E-state index in [-0.39, 0.29) is 10.3 Å². The molecular formula is C16H27NS. The lowest BCUT2D eigenvalue weighted by atomic mass is 10.1. The Kier molecular flexibility index (Phi) is 4.90. The molecule has 0 heterocycles. The summed E-state index contributed by atoms with van der Waals surface area (Å²) in [5.41, 5.74) is 2.90. The van der Waals surface area contributed by atoms with Crippen LogP contribution >= 0.6 is 11.8 Å². The second-order valence-corrected chi connectivity index (χ2v) is 8.80. The minimum atomic E-state index is 0.160. The van der Waals surface area contributed by atoms with Crippen LogP contribution in [0.1, 0.15) is 52.7 Å². The molecule has 102 valence electrons. The Morgan fingerprint density at radius 3 is 2.17 bits per heavy atom. The zero-order chi connectivity index (χ0) is 14.0. The number of rotatable bonds is 3. The summed E-state index contributed by atoms with van der Waals surface area (Å²) < 4.78 is 0.256. The maximum Gasteiger partial charge on any atom is 0.0221 e. The van der Waals surface area contributed by atoms with Crippen molar-refractivity contribution in [3.63, 3.8) is 0 Å². The number of thioether (sulfide) groups is 1. The molecular weight excluding hydrogens is 238 g/mol. The molecule has 0 aliphatic rings. The first-order valence-electron chi connectivity index (χ1n) is 6.60. The molecule has 18 heavy (non-hydrogen) atoms. The van der Waals surface area contributed by atoms with E-state index in [4.69, 9.17) is 0 Å². The second kappa shape index (κ2) is 5.66. The zero-order valence-corrected chi connectivity index (χ0v) is 13.7. The molecule has 1 rings (SSSR count). The quantitative estimate of drug-likeness (QED) is 0.790. The van der Waals surface area contributed by atoms with Crippen LogP contribution in [0.25, 0.3) is 0 Å². The Morgan fingerprint density at radius 1 is 1.06 bits per heavy atom. The molecule has 2 heteroatoms. The van der Waals surface area contributed by atoms with Crippen LogP contribution in [0.2, 0.25) is 0 Å². The van der Waals surface area contributed by atoms with Gasteiger partial charge in [0.1, 0.15) is 0 Å². The first-order chi connectivity index (χ1) is 8.07.